The highest BCUT2D eigenvalue weighted by Crippen LogP contribution is 2.11. The van der Waals surface area contributed by atoms with Crippen LogP contribution in [0.1, 0.15) is 17.3 Å². The van der Waals surface area contributed by atoms with Crippen molar-refractivity contribution in [2.75, 3.05) is 5.33 Å². The van der Waals surface area contributed by atoms with Gasteiger partial charge in [-0.25, -0.2) is 0 Å². The second-order valence-electron chi connectivity index (χ2n) is 3.04. The molecule has 0 saturated carbocycles. The predicted molar refractivity (Wildman–Crippen MR) is 64.9 cm³/mol. The molecule has 14 heavy (non-hydrogen) atoms. The summed E-state index contributed by atoms with van der Waals surface area (Å²) >= 11 is 6.63. The van der Waals surface area contributed by atoms with Crippen molar-refractivity contribution in [3.63, 3.8) is 0 Å². The molecule has 1 N–H and O–H groups in total. The minimum absolute atomic E-state index is 0.0433. The molecular weight excluding hydrogens is 310 g/mol. The van der Waals surface area contributed by atoms with Crippen molar-refractivity contribution in [1.29, 1.82) is 0 Å². The average molecular weight is 321 g/mol. The number of hydrogen-bond acceptors (Lipinski definition) is 1. The molecule has 0 aromatic heterocycles. The van der Waals surface area contributed by atoms with Gasteiger partial charge in [-0.15, -0.1) is 0 Å². The van der Waals surface area contributed by atoms with Crippen LogP contribution in [0.2, 0.25) is 0 Å². The molecule has 0 aliphatic carbocycles. The molecule has 0 heterocycles. The van der Waals surface area contributed by atoms with Crippen molar-refractivity contribution in [3.8, 4) is 0 Å². The lowest BCUT2D eigenvalue weighted by atomic mass is 10.2. The maximum absolute atomic E-state index is 11.6. The molecule has 4 heteroatoms. The third kappa shape index (κ3) is 3.42. The van der Waals surface area contributed by atoms with E-state index in [1.165, 1.54) is 0 Å². The maximum atomic E-state index is 11.6. The summed E-state index contributed by atoms with van der Waals surface area (Å²) in [6, 6.07) is 7.47. The zero-order valence-electron chi connectivity index (χ0n) is 7.76. The first-order valence-electron chi connectivity index (χ1n) is 4.26. The molecule has 1 amide bonds. The normalized spacial score (nSPS) is 12.2. The summed E-state index contributed by atoms with van der Waals surface area (Å²) in [7, 11) is 0. The Morgan fingerprint density at radius 1 is 1.57 bits per heavy atom. The monoisotopic (exact) mass is 319 g/mol. The zero-order chi connectivity index (χ0) is 10.6. The standard InChI is InChI=1S/C10H11Br2NO/c1-7(6-11)13-10(14)8-3-2-4-9(12)5-8/h2-5,7H,6H2,1H3,(H,13,14). The first kappa shape index (κ1) is 11.7. The summed E-state index contributed by atoms with van der Waals surface area (Å²) in [4.78, 5) is 11.6. The summed E-state index contributed by atoms with van der Waals surface area (Å²) in [6.45, 7) is 1.95. The first-order valence-corrected chi connectivity index (χ1v) is 6.17. The van der Waals surface area contributed by atoms with Crippen molar-refractivity contribution in [3.05, 3.63) is 34.3 Å². The van der Waals surface area contributed by atoms with Gasteiger partial charge in [0, 0.05) is 21.4 Å². The topological polar surface area (TPSA) is 29.1 Å². The quantitative estimate of drug-likeness (QED) is 0.852. The van der Waals surface area contributed by atoms with Crippen molar-refractivity contribution < 1.29 is 4.79 Å². The van der Waals surface area contributed by atoms with E-state index in [0.717, 1.165) is 9.80 Å². The second-order valence-corrected chi connectivity index (χ2v) is 4.60. The number of carbonyl (C=O) groups is 1. The number of halogens is 2. The molecule has 0 aliphatic rings. The summed E-state index contributed by atoms with van der Waals surface area (Å²) in [5, 5.41) is 3.62. The molecule has 0 bridgehead atoms. The first-order chi connectivity index (χ1) is 6.63. The molecule has 0 saturated heterocycles. The minimum Gasteiger partial charge on any atom is -0.349 e. The fraction of sp³-hybridized carbons (Fsp3) is 0.300. The lowest BCUT2D eigenvalue weighted by Gasteiger charge is -2.10. The van der Waals surface area contributed by atoms with Gasteiger partial charge in [-0.2, -0.15) is 0 Å². The van der Waals surface area contributed by atoms with E-state index in [4.69, 9.17) is 0 Å². The average Bonchev–Trinajstić information content (AvgIpc) is 2.17. The van der Waals surface area contributed by atoms with Crippen molar-refractivity contribution in [1.82, 2.24) is 5.32 Å². The third-order valence-electron chi connectivity index (χ3n) is 1.70. The van der Waals surface area contributed by atoms with E-state index in [-0.39, 0.29) is 11.9 Å². The number of nitrogens with one attached hydrogen (secondary N) is 1. The number of hydrogen-bond donors (Lipinski definition) is 1. The number of amides is 1. The highest BCUT2D eigenvalue weighted by molar-refractivity contribution is 9.10. The van der Waals surface area contributed by atoms with Crippen molar-refractivity contribution in [2.45, 2.75) is 13.0 Å². The number of rotatable bonds is 3. The molecular formula is C10H11Br2NO. The van der Waals surface area contributed by atoms with E-state index in [2.05, 4.69) is 37.2 Å². The summed E-state index contributed by atoms with van der Waals surface area (Å²) < 4.78 is 0.914. The number of alkyl halides is 1. The molecule has 1 atom stereocenters. The fourth-order valence-electron chi connectivity index (χ4n) is 0.975. The molecule has 2 nitrogen and oxygen atoms in total. The SMILES string of the molecule is CC(CBr)NC(=O)c1cccc(Br)c1. The van der Waals surface area contributed by atoms with Crippen LogP contribution in [0.4, 0.5) is 0 Å². The zero-order valence-corrected chi connectivity index (χ0v) is 10.9. The van der Waals surface area contributed by atoms with Crippen LogP contribution in [0.25, 0.3) is 0 Å². The number of carbonyl (C=O) groups excluding carboxylic acids is 1. The lowest BCUT2D eigenvalue weighted by Crippen LogP contribution is -2.33. The largest absolute Gasteiger partial charge is 0.349 e. The smallest absolute Gasteiger partial charge is 0.251 e. The molecule has 0 radical (unpaired) electrons. The highest BCUT2D eigenvalue weighted by atomic mass is 79.9. The Morgan fingerprint density at radius 3 is 2.86 bits per heavy atom. The van der Waals surface area contributed by atoms with Crippen LogP contribution in [0.5, 0.6) is 0 Å². The predicted octanol–water partition coefficient (Wildman–Crippen LogP) is 2.96. The van der Waals surface area contributed by atoms with Gasteiger partial charge >= 0.3 is 0 Å². The molecule has 0 spiro atoms. The molecule has 1 unspecified atom stereocenters. The molecule has 0 fully saturated rings. The summed E-state index contributed by atoms with van der Waals surface area (Å²) in [5.41, 5.74) is 0.673. The lowest BCUT2D eigenvalue weighted by molar-refractivity contribution is 0.0944. The van der Waals surface area contributed by atoms with Gasteiger partial charge in [0.05, 0.1) is 0 Å². The Kier molecular flexibility index (Phi) is 4.62. The van der Waals surface area contributed by atoms with Gasteiger partial charge in [-0.05, 0) is 25.1 Å². The van der Waals surface area contributed by atoms with Crippen LogP contribution in [0, 0.1) is 0 Å². The van der Waals surface area contributed by atoms with E-state index in [9.17, 15) is 4.79 Å². The molecule has 1 rings (SSSR count). The van der Waals surface area contributed by atoms with Crippen LogP contribution in [-0.2, 0) is 0 Å². The second kappa shape index (κ2) is 5.51. The Hall–Kier alpha value is -0.350. The van der Waals surface area contributed by atoms with Crippen LogP contribution in [0.3, 0.4) is 0 Å². The van der Waals surface area contributed by atoms with E-state index < -0.39 is 0 Å². The molecule has 1 aromatic carbocycles. The van der Waals surface area contributed by atoms with Gasteiger partial charge < -0.3 is 5.32 Å². The van der Waals surface area contributed by atoms with Crippen molar-refractivity contribution >= 4 is 37.8 Å². The minimum atomic E-state index is -0.0433. The van der Waals surface area contributed by atoms with E-state index in [1.54, 1.807) is 12.1 Å². The van der Waals surface area contributed by atoms with Gasteiger partial charge in [0.25, 0.3) is 5.91 Å². The van der Waals surface area contributed by atoms with E-state index in [1.807, 2.05) is 19.1 Å². The highest BCUT2D eigenvalue weighted by Gasteiger charge is 2.08. The van der Waals surface area contributed by atoms with Gasteiger partial charge in [0.2, 0.25) is 0 Å². The van der Waals surface area contributed by atoms with Gasteiger partial charge in [0.1, 0.15) is 0 Å². The molecule has 1 aromatic rings. The third-order valence-corrected chi connectivity index (χ3v) is 3.16. The Bertz CT molecular complexity index is 328. The Labute approximate surface area is 100 Å². The van der Waals surface area contributed by atoms with Crippen LogP contribution >= 0.6 is 31.9 Å². The molecule has 76 valence electrons. The van der Waals surface area contributed by atoms with E-state index >= 15 is 0 Å². The van der Waals surface area contributed by atoms with Gasteiger partial charge in [0.15, 0.2) is 0 Å². The Morgan fingerprint density at radius 2 is 2.29 bits per heavy atom. The van der Waals surface area contributed by atoms with E-state index in [0.29, 0.717) is 5.56 Å². The van der Waals surface area contributed by atoms with Gasteiger partial charge in [-0.1, -0.05) is 37.9 Å². The van der Waals surface area contributed by atoms with Crippen LogP contribution < -0.4 is 5.32 Å². The van der Waals surface area contributed by atoms with Crippen LogP contribution in [-0.4, -0.2) is 17.3 Å². The fourth-order valence-corrected chi connectivity index (χ4v) is 1.54. The number of benzene rings is 1. The van der Waals surface area contributed by atoms with Gasteiger partial charge in [-0.3, -0.25) is 4.79 Å². The van der Waals surface area contributed by atoms with Crippen molar-refractivity contribution in [2.24, 2.45) is 0 Å². The maximum Gasteiger partial charge on any atom is 0.251 e. The molecule has 0 aliphatic heterocycles. The Balaban J connectivity index is 2.70. The summed E-state index contributed by atoms with van der Waals surface area (Å²) in [6.07, 6.45) is 0. The summed E-state index contributed by atoms with van der Waals surface area (Å²) in [5.74, 6) is -0.0433. The van der Waals surface area contributed by atoms with Crippen LogP contribution in [0.15, 0.2) is 28.7 Å².